The van der Waals surface area contributed by atoms with Crippen LogP contribution in [0.2, 0.25) is 5.02 Å². The van der Waals surface area contributed by atoms with Gasteiger partial charge in [0, 0.05) is 31.0 Å². The molecule has 1 fully saturated rings. The molecular formula is C25H19ClF4N2O3. The molecule has 10 heteroatoms. The topological polar surface area (TPSA) is 68.3 Å². The molecule has 1 N–H and O–H groups in total. The standard InChI is InChI=1S/C25H19ClF4N2O3/c26-20-11-14(1-5-19(20)25(28,29)30)9-17(33)10-15-2-6-22(21(27)12-15)35-18-7-8-31-23(13-18)32-24(34)16-3-4-16/h1-2,5-8,11-13,16H,3-4,9-10H2,(H,31,32,34). The van der Waals surface area contributed by atoms with Crippen molar-refractivity contribution in [2.45, 2.75) is 31.9 Å². The van der Waals surface area contributed by atoms with Crippen LogP contribution in [0.15, 0.2) is 54.7 Å². The third-order valence-corrected chi connectivity index (χ3v) is 5.61. The Kier molecular flexibility index (Phi) is 7.07. The van der Waals surface area contributed by atoms with Gasteiger partial charge in [0.25, 0.3) is 0 Å². The summed E-state index contributed by atoms with van der Waals surface area (Å²) in [7, 11) is 0. The third kappa shape index (κ3) is 6.57. The minimum atomic E-state index is -4.58. The Morgan fingerprint density at radius 1 is 1.03 bits per heavy atom. The first kappa shape index (κ1) is 24.7. The van der Waals surface area contributed by atoms with Gasteiger partial charge in [-0.1, -0.05) is 23.7 Å². The molecule has 0 spiro atoms. The first-order valence-corrected chi connectivity index (χ1v) is 11.1. The number of halogens is 5. The van der Waals surface area contributed by atoms with Crippen molar-refractivity contribution in [1.82, 2.24) is 4.98 Å². The van der Waals surface area contributed by atoms with Crippen LogP contribution >= 0.6 is 11.6 Å². The zero-order valence-corrected chi connectivity index (χ0v) is 18.9. The quantitative estimate of drug-likeness (QED) is 0.360. The van der Waals surface area contributed by atoms with Crippen molar-refractivity contribution < 1.29 is 31.9 Å². The molecule has 0 saturated heterocycles. The summed E-state index contributed by atoms with van der Waals surface area (Å²) in [5.41, 5.74) is -0.264. The molecule has 182 valence electrons. The minimum Gasteiger partial charge on any atom is -0.454 e. The molecule has 4 rings (SSSR count). The second-order valence-corrected chi connectivity index (χ2v) is 8.62. The van der Waals surface area contributed by atoms with Gasteiger partial charge in [0.2, 0.25) is 5.91 Å². The summed E-state index contributed by atoms with van der Waals surface area (Å²) in [5.74, 6) is -0.647. The van der Waals surface area contributed by atoms with Crippen molar-refractivity contribution in [3.63, 3.8) is 0 Å². The Bertz CT molecular complexity index is 1280. The number of Topliss-reactive ketones (excluding diaryl/α,β-unsaturated/α-hetero) is 1. The zero-order valence-electron chi connectivity index (χ0n) is 18.2. The number of nitrogens with one attached hydrogen (secondary N) is 1. The number of ether oxygens (including phenoxy) is 1. The van der Waals surface area contributed by atoms with Crippen molar-refractivity contribution >= 4 is 29.1 Å². The van der Waals surface area contributed by atoms with E-state index < -0.39 is 22.6 Å². The molecule has 3 aromatic rings. The number of hydrogen-bond donors (Lipinski definition) is 1. The van der Waals surface area contributed by atoms with E-state index in [1.165, 1.54) is 36.5 Å². The van der Waals surface area contributed by atoms with Gasteiger partial charge in [-0.2, -0.15) is 13.2 Å². The molecule has 1 amide bonds. The van der Waals surface area contributed by atoms with Crippen LogP contribution < -0.4 is 10.1 Å². The molecule has 1 aliphatic carbocycles. The van der Waals surface area contributed by atoms with E-state index in [-0.39, 0.29) is 41.9 Å². The average Bonchev–Trinajstić information content (AvgIpc) is 3.61. The summed E-state index contributed by atoms with van der Waals surface area (Å²) < 4.78 is 58.6. The Morgan fingerprint density at radius 3 is 2.34 bits per heavy atom. The van der Waals surface area contributed by atoms with Crippen molar-refractivity contribution in [1.29, 1.82) is 0 Å². The van der Waals surface area contributed by atoms with E-state index in [4.69, 9.17) is 16.3 Å². The predicted octanol–water partition coefficient (Wildman–Crippen LogP) is 6.39. The van der Waals surface area contributed by atoms with Crippen LogP contribution in [0.1, 0.15) is 29.5 Å². The van der Waals surface area contributed by atoms with E-state index in [1.807, 2.05) is 0 Å². The molecular weight excluding hydrogens is 488 g/mol. The molecule has 5 nitrogen and oxygen atoms in total. The van der Waals surface area contributed by atoms with E-state index in [2.05, 4.69) is 10.3 Å². The second-order valence-electron chi connectivity index (χ2n) is 8.21. The van der Waals surface area contributed by atoms with Crippen LogP contribution in [0.4, 0.5) is 23.4 Å². The van der Waals surface area contributed by atoms with E-state index in [0.29, 0.717) is 16.9 Å². The number of benzene rings is 2. The zero-order chi connectivity index (χ0) is 25.2. The number of hydrogen-bond acceptors (Lipinski definition) is 4. The summed E-state index contributed by atoms with van der Waals surface area (Å²) in [6.07, 6.45) is -1.73. The van der Waals surface area contributed by atoms with Gasteiger partial charge >= 0.3 is 6.18 Å². The molecule has 0 atom stereocenters. The van der Waals surface area contributed by atoms with Gasteiger partial charge in [0.05, 0.1) is 10.6 Å². The third-order valence-electron chi connectivity index (χ3n) is 5.30. The average molecular weight is 507 g/mol. The first-order chi connectivity index (χ1) is 16.6. The number of pyridine rings is 1. The van der Waals surface area contributed by atoms with E-state index >= 15 is 0 Å². The first-order valence-electron chi connectivity index (χ1n) is 10.7. The lowest BCUT2D eigenvalue weighted by molar-refractivity contribution is -0.137. The molecule has 0 aliphatic heterocycles. The van der Waals surface area contributed by atoms with Crippen molar-refractivity contribution in [2.24, 2.45) is 5.92 Å². The molecule has 1 heterocycles. The summed E-state index contributed by atoms with van der Waals surface area (Å²) >= 11 is 5.69. The highest BCUT2D eigenvalue weighted by Gasteiger charge is 2.33. The Morgan fingerprint density at radius 2 is 1.71 bits per heavy atom. The van der Waals surface area contributed by atoms with Crippen LogP contribution in [-0.2, 0) is 28.6 Å². The lowest BCUT2D eigenvalue weighted by Gasteiger charge is -2.11. The predicted molar refractivity (Wildman–Crippen MR) is 121 cm³/mol. The summed E-state index contributed by atoms with van der Waals surface area (Å²) in [4.78, 5) is 28.3. The largest absolute Gasteiger partial charge is 0.454 e. The van der Waals surface area contributed by atoms with Gasteiger partial charge in [0.15, 0.2) is 11.6 Å². The van der Waals surface area contributed by atoms with Crippen LogP contribution in [-0.4, -0.2) is 16.7 Å². The fourth-order valence-corrected chi connectivity index (χ4v) is 3.71. The SMILES string of the molecule is O=C(Cc1ccc(Oc2ccnc(NC(=O)C3CC3)c2)c(F)c1)Cc1ccc(C(F)(F)F)c(Cl)c1. The normalized spacial score (nSPS) is 13.4. The number of rotatable bonds is 8. The Hall–Kier alpha value is -3.46. The number of ketones is 1. The van der Waals surface area contributed by atoms with Gasteiger partial charge < -0.3 is 10.1 Å². The lowest BCUT2D eigenvalue weighted by Crippen LogP contribution is -2.14. The smallest absolute Gasteiger partial charge is 0.417 e. The maximum absolute atomic E-state index is 14.6. The van der Waals surface area contributed by atoms with Crippen molar-refractivity contribution in [3.8, 4) is 11.5 Å². The lowest BCUT2D eigenvalue weighted by atomic mass is 10.0. The molecule has 0 radical (unpaired) electrons. The fourth-order valence-electron chi connectivity index (χ4n) is 3.40. The van der Waals surface area contributed by atoms with Gasteiger partial charge in [0.1, 0.15) is 17.4 Å². The number of carbonyl (C=O) groups excluding carboxylic acids is 2. The van der Waals surface area contributed by atoms with E-state index in [1.54, 1.807) is 0 Å². The number of alkyl halides is 3. The maximum Gasteiger partial charge on any atom is 0.417 e. The summed E-state index contributed by atoms with van der Waals surface area (Å²) in [5, 5.41) is 2.20. The van der Waals surface area contributed by atoms with Gasteiger partial charge in [-0.15, -0.1) is 0 Å². The highest BCUT2D eigenvalue weighted by atomic mass is 35.5. The Balaban J connectivity index is 1.37. The van der Waals surface area contributed by atoms with Crippen molar-refractivity contribution in [3.05, 3.63) is 82.3 Å². The number of carbonyl (C=O) groups is 2. The molecule has 1 saturated carbocycles. The van der Waals surface area contributed by atoms with Crippen molar-refractivity contribution in [2.75, 3.05) is 5.32 Å². The monoisotopic (exact) mass is 506 g/mol. The summed E-state index contributed by atoms with van der Waals surface area (Å²) in [6, 6.07) is 10.2. The molecule has 1 aromatic heterocycles. The summed E-state index contributed by atoms with van der Waals surface area (Å²) in [6.45, 7) is 0. The number of aromatic nitrogens is 1. The second kappa shape index (κ2) is 10.0. The minimum absolute atomic E-state index is 0.00492. The van der Waals surface area contributed by atoms with Gasteiger partial charge in [-0.25, -0.2) is 9.37 Å². The van der Waals surface area contributed by atoms with Crippen LogP contribution in [0, 0.1) is 11.7 Å². The van der Waals surface area contributed by atoms with E-state index in [9.17, 15) is 27.2 Å². The molecule has 0 unspecified atom stereocenters. The van der Waals surface area contributed by atoms with Crippen LogP contribution in [0.3, 0.4) is 0 Å². The fraction of sp³-hybridized carbons (Fsp3) is 0.240. The molecule has 0 bridgehead atoms. The maximum atomic E-state index is 14.6. The van der Waals surface area contributed by atoms with Crippen LogP contribution in [0.25, 0.3) is 0 Å². The van der Waals surface area contributed by atoms with Gasteiger partial charge in [-0.05, 0) is 54.3 Å². The van der Waals surface area contributed by atoms with E-state index in [0.717, 1.165) is 31.0 Å². The number of anilines is 1. The Labute approximate surface area is 203 Å². The molecule has 1 aliphatic rings. The van der Waals surface area contributed by atoms with Gasteiger partial charge in [-0.3, -0.25) is 9.59 Å². The molecule has 35 heavy (non-hydrogen) atoms. The van der Waals surface area contributed by atoms with Crippen LogP contribution in [0.5, 0.6) is 11.5 Å². The highest BCUT2D eigenvalue weighted by Crippen LogP contribution is 2.35. The number of nitrogens with zero attached hydrogens (tertiary/aromatic N) is 1. The molecule has 2 aromatic carbocycles. The highest BCUT2D eigenvalue weighted by molar-refractivity contribution is 6.31. The number of amides is 1.